The van der Waals surface area contributed by atoms with Crippen molar-refractivity contribution in [3.8, 4) is 0 Å². The van der Waals surface area contributed by atoms with Crippen LogP contribution in [0.2, 0.25) is 5.02 Å². The van der Waals surface area contributed by atoms with Crippen LogP contribution in [0.25, 0.3) is 0 Å². The Balaban J connectivity index is 3.50. The summed E-state index contributed by atoms with van der Waals surface area (Å²) in [4.78, 5) is 9.27. The molecular weight excluding hydrogens is 382 g/mol. The van der Waals surface area contributed by atoms with Crippen LogP contribution >= 0.6 is 11.6 Å². The molecule has 1 aromatic rings. The van der Waals surface area contributed by atoms with Gasteiger partial charge >= 0.3 is 23.7 Å². The Kier molecular flexibility index (Phi) is 5.08. The molecule has 1 rings (SSSR count). The van der Waals surface area contributed by atoms with Crippen LogP contribution in [0.3, 0.4) is 0 Å². The van der Waals surface area contributed by atoms with Gasteiger partial charge in [-0.1, -0.05) is 11.6 Å². The number of nitro benzene ring substituents is 1. The lowest BCUT2D eigenvalue weighted by atomic mass is 9.93. The Hall–Kier alpha value is -1.69. The summed E-state index contributed by atoms with van der Waals surface area (Å²) in [7, 11) is 0. The fourth-order valence-electron chi connectivity index (χ4n) is 1.57. The molecule has 1 N–H and O–H groups in total. The summed E-state index contributed by atoms with van der Waals surface area (Å²) in [5, 5.41) is 17.1. The Labute approximate surface area is 132 Å². The number of rotatable bonds is 6. The normalized spacial score (nSPS) is 13.9. The third kappa shape index (κ3) is 2.88. The molecule has 0 aliphatic carbocycles. The van der Waals surface area contributed by atoms with Gasteiger partial charge < -0.3 is 5.11 Å². The van der Waals surface area contributed by atoms with E-state index >= 15 is 0 Å². The molecule has 4 nitrogen and oxygen atoms in total. The molecule has 0 spiro atoms. The van der Waals surface area contributed by atoms with Gasteiger partial charge in [-0.15, -0.1) is 0 Å². The quantitative estimate of drug-likeness (QED) is 0.451. The summed E-state index contributed by atoms with van der Waals surface area (Å²) in [5.74, 6) is -25.1. The Bertz CT molecular complexity index is 652. The Morgan fingerprint density at radius 3 is 1.92 bits per heavy atom. The van der Waals surface area contributed by atoms with Gasteiger partial charge in [-0.3, -0.25) is 10.1 Å². The third-order valence-corrected chi connectivity index (χ3v) is 3.26. The van der Waals surface area contributed by atoms with E-state index < -0.39 is 51.5 Å². The Morgan fingerprint density at radius 2 is 1.54 bits per heavy atom. The minimum Gasteiger partial charge on any atom is -0.390 e. The van der Waals surface area contributed by atoms with Crippen molar-refractivity contribution in [2.24, 2.45) is 0 Å². The molecule has 13 heteroatoms. The highest BCUT2D eigenvalue weighted by Crippen LogP contribution is 2.57. The van der Waals surface area contributed by atoms with Gasteiger partial charge in [-0.2, -0.15) is 35.1 Å². The minimum absolute atomic E-state index is 0.0540. The van der Waals surface area contributed by atoms with Crippen LogP contribution in [0, 0.1) is 10.1 Å². The van der Waals surface area contributed by atoms with E-state index in [1.807, 2.05) is 0 Å². The second kappa shape index (κ2) is 5.99. The van der Waals surface area contributed by atoms with Crippen molar-refractivity contribution in [1.82, 2.24) is 0 Å². The van der Waals surface area contributed by atoms with Crippen molar-refractivity contribution in [1.29, 1.82) is 0 Å². The third-order valence-electron chi connectivity index (χ3n) is 2.95. The maximum atomic E-state index is 13.8. The molecule has 1 aromatic carbocycles. The number of nitro groups is 1. The summed E-state index contributed by atoms with van der Waals surface area (Å²) in [6.07, 6.45) is 0. The average molecular weight is 388 g/mol. The standard InChI is InChI=1S/C11H6ClF8NO3/c12-7-3-5(21(23)24)1-2-6(7)9(15,16)11(19,20)10(17,18)8(13,14)4-22/h1-3,22H,4H2. The molecule has 0 bridgehead atoms. The average Bonchev–Trinajstić information content (AvgIpc) is 2.45. The van der Waals surface area contributed by atoms with Gasteiger partial charge in [-0.05, 0) is 6.07 Å². The highest BCUT2D eigenvalue weighted by atomic mass is 35.5. The number of alkyl halides is 8. The summed E-state index contributed by atoms with van der Waals surface area (Å²) in [6, 6.07) is 0.373. The molecule has 0 aliphatic rings. The number of aliphatic hydroxyl groups is 1. The fourth-order valence-corrected chi connectivity index (χ4v) is 1.86. The number of hydrogen-bond acceptors (Lipinski definition) is 3. The Morgan fingerprint density at radius 1 is 1.04 bits per heavy atom. The number of benzene rings is 1. The van der Waals surface area contributed by atoms with Crippen LogP contribution in [0.1, 0.15) is 5.56 Å². The summed E-state index contributed by atoms with van der Waals surface area (Å²) >= 11 is 5.16. The predicted octanol–water partition coefficient (Wildman–Crippen LogP) is 4.24. The summed E-state index contributed by atoms with van der Waals surface area (Å²) in [6.45, 7) is -2.82. The van der Waals surface area contributed by atoms with Gasteiger partial charge in [0.2, 0.25) is 0 Å². The van der Waals surface area contributed by atoms with Gasteiger partial charge in [0.25, 0.3) is 5.69 Å². The molecule has 0 aliphatic heterocycles. The van der Waals surface area contributed by atoms with E-state index in [1.165, 1.54) is 0 Å². The van der Waals surface area contributed by atoms with Gasteiger partial charge in [0.15, 0.2) is 0 Å². The van der Waals surface area contributed by atoms with Gasteiger partial charge in [0.1, 0.15) is 6.61 Å². The number of halogens is 9. The van der Waals surface area contributed by atoms with E-state index in [0.717, 1.165) is 0 Å². The van der Waals surface area contributed by atoms with E-state index in [1.54, 1.807) is 0 Å². The minimum atomic E-state index is -6.67. The molecule has 0 fully saturated rings. The van der Waals surface area contributed by atoms with Gasteiger partial charge in [0.05, 0.1) is 9.95 Å². The number of nitrogens with zero attached hydrogens (tertiary/aromatic N) is 1. The van der Waals surface area contributed by atoms with Crippen molar-refractivity contribution in [3.63, 3.8) is 0 Å². The molecule has 24 heavy (non-hydrogen) atoms. The lowest BCUT2D eigenvalue weighted by molar-refractivity contribution is -0.385. The molecule has 0 atom stereocenters. The molecule has 0 aromatic heterocycles. The van der Waals surface area contributed by atoms with E-state index in [0.29, 0.717) is 0 Å². The monoisotopic (exact) mass is 387 g/mol. The van der Waals surface area contributed by atoms with Crippen molar-refractivity contribution in [2.45, 2.75) is 23.7 Å². The van der Waals surface area contributed by atoms with E-state index in [-0.39, 0.29) is 18.2 Å². The summed E-state index contributed by atoms with van der Waals surface area (Å²) < 4.78 is 107. The molecule has 0 heterocycles. The van der Waals surface area contributed by atoms with E-state index in [4.69, 9.17) is 16.7 Å². The SMILES string of the molecule is O=[N+]([O-])c1ccc(C(F)(F)C(F)(F)C(F)(F)C(F)(F)CO)c(Cl)c1. The van der Waals surface area contributed by atoms with Crippen LogP contribution in [-0.2, 0) is 5.92 Å². The molecule has 0 radical (unpaired) electrons. The topological polar surface area (TPSA) is 63.4 Å². The van der Waals surface area contributed by atoms with E-state index in [2.05, 4.69) is 0 Å². The van der Waals surface area contributed by atoms with Crippen LogP contribution < -0.4 is 0 Å². The maximum Gasteiger partial charge on any atom is 0.382 e. The molecule has 0 saturated heterocycles. The second-order valence-corrected chi connectivity index (χ2v) is 4.91. The lowest BCUT2D eigenvalue weighted by Gasteiger charge is -2.36. The van der Waals surface area contributed by atoms with Crippen molar-refractivity contribution in [2.75, 3.05) is 6.61 Å². The first-order valence-corrected chi connectivity index (χ1v) is 6.08. The first kappa shape index (κ1) is 20.4. The molecule has 136 valence electrons. The smallest absolute Gasteiger partial charge is 0.382 e. The summed E-state index contributed by atoms with van der Waals surface area (Å²) in [5.41, 5.74) is -2.94. The fraction of sp³-hybridized carbons (Fsp3) is 0.455. The second-order valence-electron chi connectivity index (χ2n) is 4.51. The highest BCUT2D eigenvalue weighted by molar-refractivity contribution is 6.31. The maximum absolute atomic E-state index is 13.8. The molecular formula is C11H6ClF8NO3. The lowest BCUT2D eigenvalue weighted by Crippen LogP contribution is -2.62. The largest absolute Gasteiger partial charge is 0.390 e. The van der Waals surface area contributed by atoms with E-state index in [9.17, 15) is 45.2 Å². The first-order chi connectivity index (χ1) is 10.6. The van der Waals surface area contributed by atoms with Crippen molar-refractivity contribution in [3.05, 3.63) is 38.9 Å². The molecule has 0 amide bonds. The van der Waals surface area contributed by atoms with Crippen LogP contribution in [0.5, 0.6) is 0 Å². The number of aliphatic hydroxyl groups excluding tert-OH is 1. The zero-order chi connectivity index (χ0) is 19.1. The molecule has 0 saturated carbocycles. The first-order valence-electron chi connectivity index (χ1n) is 5.70. The van der Waals surface area contributed by atoms with Gasteiger partial charge in [-0.25, -0.2) is 0 Å². The predicted molar refractivity (Wildman–Crippen MR) is 63.9 cm³/mol. The van der Waals surface area contributed by atoms with Crippen LogP contribution in [0.4, 0.5) is 40.8 Å². The number of non-ortho nitro benzene ring substituents is 1. The molecule has 0 unspecified atom stereocenters. The highest BCUT2D eigenvalue weighted by Gasteiger charge is 2.80. The van der Waals surface area contributed by atoms with Gasteiger partial charge in [0, 0.05) is 17.7 Å². The zero-order valence-electron chi connectivity index (χ0n) is 11.1. The number of hydrogen-bond donors (Lipinski definition) is 1. The van der Waals surface area contributed by atoms with Crippen molar-refractivity contribution < 1.29 is 45.2 Å². The zero-order valence-corrected chi connectivity index (χ0v) is 11.8. The van der Waals surface area contributed by atoms with Crippen LogP contribution in [-0.4, -0.2) is 34.4 Å². The van der Waals surface area contributed by atoms with Crippen molar-refractivity contribution >= 4 is 17.3 Å². The van der Waals surface area contributed by atoms with Crippen LogP contribution in [0.15, 0.2) is 18.2 Å².